The van der Waals surface area contributed by atoms with Gasteiger partial charge in [0.2, 0.25) is 0 Å². The molecule has 0 amide bonds. The molecule has 10 aromatic rings. The van der Waals surface area contributed by atoms with Crippen LogP contribution in [0.3, 0.4) is 0 Å². The second-order valence-corrected chi connectivity index (χ2v) is 15.8. The van der Waals surface area contributed by atoms with E-state index in [4.69, 9.17) is 0 Å². The molecule has 0 spiro atoms. The lowest BCUT2D eigenvalue weighted by molar-refractivity contribution is 0.661. The molecule has 0 unspecified atom stereocenters. The number of rotatable bonds is 3. The highest BCUT2D eigenvalue weighted by Gasteiger charge is 2.37. The predicted molar refractivity (Wildman–Crippen MR) is 226 cm³/mol. The van der Waals surface area contributed by atoms with E-state index in [0.29, 0.717) is 0 Å². The molecule has 1 aliphatic carbocycles. The molecule has 1 heteroatoms. The van der Waals surface area contributed by atoms with Crippen molar-refractivity contribution in [2.45, 2.75) is 19.3 Å². The van der Waals surface area contributed by atoms with E-state index in [2.05, 4.69) is 184 Å². The van der Waals surface area contributed by atoms with E-state index in [0.717, 1.165) is 0 Å². The van der Waals surface area contributed by atoms with Crippen LogP contribution in [0.4, 0.5) is 0 Å². The Morgan fingerprint density at radius 1 is 0.385 bits per heavy atom. The zero-order valence-electron chi connectivity index (χ0n) is 29.1. The van der Waals surface area contributed by atoms with Gasteiger partial charge >= 0.3 is 0 Å². The molecular formula is C51H34S. The first-order valence-electron chi connectivity index (χ1n) is 18.2. The van der Waals surface area contributed by atoms with E-state index >= 15 is 0 Å². The SMILES string of the molecule is CC1(C)c2ccc(-c3ccc(-c4c5ccccc5c(-c5ccccc5)c5ccccc45)cc3)cc2-c2c1ccc1c2sc2ccc3ccccc3c21. The lowest BCUT2D eigenvalue weighted by atomic mass is 9.82. The van der Waals surface area contributed by atoms with E-state index in [-0.39, 0.29) is 5.41 Å². The molecule has 0 atom stereocenters. The van der Waals surface area contributed by atoms with Crippen molar-refractivity contribution in [3.8, 4) is 44.5 Å². The summed E-state index contributed by atoms with van der Waals surface area (Å²) >= 11 is 1.95. The predicted octanol–water partition coefficient (Wildman–Crippen LogP) is 14.8. The van der Waals surface area contributed by atoms with Gasteiger partial charge in [-0.2, -0.15) is 0 Å². The first-order valence-corrected chi connectivity index (χ1v) is 19.0. The Labute approximate surface area is 307 Å². The lowest BCUT2D eigenvalue weighted by Crippen LogP contribution is -2.14. The van der Waals surface area contributed by atoms with Gasteiger partial charge in [0.1, 0.15) is 0 Å². The summed E-state index contributed by atoms with van der Waals surface area (Å²) in [7, 11) is 0. The molecule has 0 saturated heterocycles. The van der Waals surface area contributed by atoms with Crippen LogP contribution in [0.1, 0.15) is 25.0 Å². The third kappa shape index (κ3) is 4.15. The van der Waals surface area contributed by atoms with Crippen molar-refractivity contribution in [2.75, 3.05) is 0 Å². The van der Waals surface area contributed by atoms with E-state index < -0.39 is 0 Å². The van der Waals surface area contributed by atoms with Crippen molar-refractivity contribution >= 4 is 63.8 Å². The normalized spacial score (nSPS) is 13.3. The van der Waals surface area contributed by atoms with Crippen molar-refractivity contribution in [2.24, 2.45) is 0 Å². The Morgan fingerprint density at radius 2 is 0.923 bits per heavy atom. The van der Waals surface area contributed by atoms with Crippen LogP contribution >= 0.6 is 11.3 Å². The van der Waals surface area contributed by atoms with Crippen molar-refractivity contribution in [3.63, 3.8) is 0 Å². The Hall–Kier alpha value is -6.02. The molecule has 0 bridgehead atoms. The highest BCUT2D eigenvalue weighted by Crippen LogP contribution is 2.55. The van der Waals surface area contributed by atoms with Crippen molar-refractivity contribution in [3.05, 3.63) is 181 Å². The Morgan fingerprint density at radius 3 is 1.60 bits per heavy atom. The molecule has 11 rings (SSSR count). The van der Waals surface area contributed by atoms with Crippen LogP contribution in [0, 0.1) is 0 Å². The number of thiophene rings is 1. The first kappa shape index (κ1) is 29.7. The molecule has 1 heterocycles. The molecule has 0 saturated carbocycles. The highest BCUT2D eigenvalue weighted by atomic mass is 32.1. The number of benzene rings is 9. The van der Waals surface area contributed by atoms with Gasteiger partial charge in [-0.1, -0.05) is 172 Å². The van der Waals surface area contributed by atoms with Gasteiger partial charge in [-0.3, -0.25) is 0 Å². The maximum Gasteiger partial charge on any atom is 0.0437 e. The van der Waals surface area contributed by atoms with Crippen LogP contribution in [-0.2, 0) is 5.41 Å². The average Bonchev–Trinajstić information content (AvgIpc) is 3.69. The maximum absolute atomic E-state index is 2.46. The lowest BCUT2D eigenvalue weighted by Gasteiger charge is -2.21. The van der Waals surface area contributed by atoms with Crippen LogP contribution < -0.4 is 0 Å². The van der Waals surface area contributed by atoms with Crippen LogP contribution in [0.2, 0.25) is 0 Å². The summed E-state index contributed by atoms with van der Waals surface area (Å²) in [5.74, 6) is 0. The van der Waals surface area contributed by atoms with Gasteiger partial charge in [-0.15, -0.1) is 11.3 Å². The van der Waals surface area contributed by atoms with Crippen molar-refractivity contribution in [1.82, 2.24) is 0 Å². The van der Waals surface area contributed by atoms with Crippen molar-refractivity contribution < 1.29 is 0 Å². The molecular weight excluding hydrogens is 645 g/mol. The zero-order chi connectivity index (χ0) is 34.6. The topological polar surface area (TPSA) is 0 Å². The molecule has 1 aliphatic rings. The number of hydrogen-bond donors (Lipinski definition) is 0. The molecule has 1 aromatic heterocycles. The van der Waals surface area contributed by atoms with Gasteiger partial charge in [0.25, 0.3) is 0 Å². The number of hydrogen-bond acceptors (Lipinski definition) is 1. The summed E-state index contributed by atoms with van der Waals surface area (Å²) in [4.78, 5) is 0. The van der Waals surface area contributed by atoms with Crippen LogP contribution in [-0.4, -0.2) is 0 Å². The standard InChI is InChI=1S/C51H34S/c1-51(2)43-27-24-35(30-42(43)49-44(51)28-26-41-48-36-15-7-6-12-32(36)25-29-45(48)52-50(41)49)31-20-22-34(23-21-31)47-39-18-10-8-16-37(39)46(33-13-4-3-5-14-33)38-17-9-11-19-40(38)47/h3-30H,1-2H3. The fourth-order valence-corrected chi connectivity index (χ4v) is 10.5. The summed E-state index contributed by atoms with van der Waals surface area (Å²) in [6, 6.07) is 63.3. The highest BCUT2D eigenvalue weighted by molar-refractivity contribution is 7.26. The monoisotopic (exact) mass is 678 g/mol. The first-order chi connectivity index (χ1) is 25.6. The maximum atomic E-state index is 2.46. The minimum atomic E-state index is -0.0620. The Balaban J connectivity index is 1.07. The van der Waals surface area contributed by atoms with Gasteiger partial charge in [0.15, 0.2) is 0 Å². The van der Waals surface area contributed by atoms with Gasteiger partial charge < -0.3 is 0 Å². The van der Waals surface area contributed by atoms with Gasteiger partial charge in [-0.25, -0.2) is 0 Å². The fourth-order valence-electron chi connectivity index (χ4n) is 9.20. The van der Waals surface area contributed by atoms with Crippen LogP contribution in [0.5, 0.6) is 0 Å². The average molecular weight is 679 g/mol. The van der Waals surface area contributed by atoms with Gasteiger partial charge in [0, 0.05) is 31.2 Å². The smallest absolute Gasteiger partial charge is 0.0437 e. The minimum Gasteiger partial charge on any atom is -0.134 e. The zero-order valence-corrected chi connectivity index (χ0v) is 29.9. The minimum absolute atomic E-state index is 0.0620. The second-order valence-electron chi connectivity index (χ2n) is 14.8. The molecule has 0 radical (unpaired) electrons. The van der Waals surface area contributed by atoms with Crippen molar-refractivity contribution in [1.29, 1.82) is 0 Å². The van der Waals surface area contributed by atoms with E-state index in [9.17, 15) is 0 Å². The molecule has 244 valence electrons. The molecule has 9 aromatic carbocycles. The largest absolute Gasteiger partial charge is 0.134 e. The summed E-state index contributed by atoms with van der Waals surface area (Å²) in [5, 5.41) is 10.5. The van der Waals surface area contributed by atoms with Gasteiger partial charge in [-0.05, 0) is 94.5 Å². The van der Waals surface area contributed by atoms with E-state index in [1.807, 2.05) is 11.3 Å². The summed E-state index contributed by atoms with van der Waals surface area (Å²) in [6.07, 6.45) is 0. The third-order valence-electron chi connectivity index (χ3n) is 11.7. The molecule has 0 fully saturated rings. The Bertz CT molecular complexity index is 3010. The summed E-state index contributed by atoms with van der Waals surface area (Å²) in [5.41, 5.74) is 13.1. The van der Waals surface area contributed by atoms with Crippen LogP contribution in [0.25, 0.3) is 97.0 Å². The summed E-state index contributed by atoms with van der Waals surface area (Å²) < 4.78 is 2.76. The Kier molecular flexibility index (Phi) is 6.27. The molecule has 0 nitrogen and oxygen atoms in total. The fraction of sp³-hybridized carbons (Fsp3) is 0.0588. The third-order valence-corrected chi connectivity index (χ3v) is 12.9. The quantitative estimate of drug-likeness (QED) is 0.163. The molecule has 52 heavy (non-hydrogen) atoms. The molecule has 0 N–H and O–H groups in total. The molecule has 0 aliphatic heterocycles. The van der Waals surface area contributed by atoms with Gasteiger partial charge in [0.05, 0.1) is 0 Å². The van der Waals surface area contributed by atoms with E-state index in [1.165, 1.54) is 108 Å². The van der Waals surface area contributed by atoms with E-state index in [1.54, 1.807) is 0 Å². The van der Waals surface area contributed by atoms with Crippen LogP contribution in [0.15, 0.2) is 170 Å². The summed E-state index contributed by atoms with van der Waals surface area (Å²) in [6.45, 7) is 4.77. The second kappa shape index (κ2) is 11.0. The number of fused-ring (bicyclic) bond motifs is 11.